The minimum atomic E-state index is -4.86. The molecule has 9 nitrogen and oxygen atoms in total. The Bertz CT molecular complexity index is 1640. The fourth-order valence-electron chi connectivity index (χ4n) is 3.60. The smallest absolute Gasteiger partial charge is 0.416 e. The molecule has 0 saturated carbocycles. The van der Waals surface area contributed by atoms with Gasteiger partial charge in [-0.15, -0.1) is 0 Å². The van der Waals surface area contributed by atoms with Crippen molar-refractivity contribution in [1.29, 1.82) is 0 Å². The van der Waals surface area contributed by atoms with Crippen molar-refractivity contribution in [1.82, 2.24) is 5.32 Å². The molecule has 3 aromatic rings. The van der Waals surface area contributed by atoms with Gasteiger partial charge in [0.15, 0.2) is 5.75 Å². The predicted molar refractivity (Wildman–Crippen MR) is 140 cm³/mol. The van der Waals surface area contributed by atoms with Gasteiger partial charge in [0, 0.05) is 21.7 Å². The van der Waals surface area contributed by atoms with Gasteiger partial charge in [0.25, 0.3) is 11.8 Å². The monoisotopic (exact) mass is 613 g/mol. The van der Waals surface area contributed by atoms with Crippen LogP contribution >= 0.6 is 34.8 Å². The molecule has 1 N–H and O–H groups in total. The van der Waals surface area contributed by atoms with Crippen LogP contribution in [-0.4, -0.2) is 22.8 Å². The summed E-state index contributed by atoms with van der Waals surface area (Å²) >= 11 is 18.4. The number of carbonyl (C=O) groups excluding carboxylic acids is 3. The quantitative estimate of drug-likeness (QED) is 0.139. The maximum Gasteiger partial charge on any atom is 0.416 e. The molecule has 1 aliphatic heterocycles. The lowest BCUT2D eigenvalue weighted by Gasteiger charge is -2.26. The highest BCUT2D eigenvalue weighted by molar-refractivity contribution is 6.40. The van der Waals surface area contributed by atoms with Gasteiger partial charge in [-0.1, -0.05) is 40.9 Å². The van der Waals surface area contributed by atoms with E-state index in [4.69, 9.17) is 39.5 Å². The minimum absolute atomic E-state index is 0.00645. The number of carbonyl (C=O) groups is 3. The Morgan fingerprint density at radius 1 is 1.00 bits per heavy atom. The van der Waals surface area contributed by atoms with Crippen molar-refractivity contribution >= 4 is 70.1 Å². The Labute approximate surface area is 237 Å². The molecule has 0 unspecified atom stereocenters. The zero-order valence-electron chi connectivity index (χ0n) is 19.8. The van der Waals surface area contributed by atoms with Gasteiger partial charge in [-0.3, -0.25) is 25.0 Å². The Balaban J connectivity index is 1.81. The molecule has 3 aromatic carbocycles. The molecule has 0 atom stereocenters. The molecule has 15 heteroatoms. The van der Waals surface area contributed by atoms with Crippen molar-refractivity contribution in [2.45, 2.75) is 13.1 Å². The lowest BCUT2D eigenvalue weighted by atomic mass is 10.1. The Kier molecular flexibility index (Phi) is 7.79. The highest BCUT2D eigenvalue weighted by Gasteiger charge is 2.38. The van der Waals surface area contributed by atoms with E-state index in [0.29, 0.717) is 16.5 Å². The molecule has 0 spiro atoms. The van der Waals surface area contributed by atoms with Crippen LogP contribution < -0.4 is 15.0 Å². The predicted octanol–water partition coefficient (Wildman–Crippen LogP) is 7.34. The molecule has 0 bridgehead atoms. The number of nitro groups is 1. The summed E-state index contributed by atoms with van der Waals surface area (Å²) in [4.78, 5) is 49.6. The topological polar surface area (TPSA) is 119 Å². The summed E-state index contributed by atoms with van der Waals surface area (Å²) in [5.41, 5.74) is -2.34. The molecule has 1 heterocycles. The molecule has 0 aliphatic carbocycles. The second kappa shape index (κ2) is 10.8. The van der Waals surface area contributed by atoms with Crippen molar-refractivity contribution in [3.8, 4) is 11.5 Å². The molecule has 0 aromatic heterocycles. The van der Waals surface area contributed by atoms with E-state index in [1.807, 2.05) is 5.32 Å². The number of urea groups is 1. The molecular weight excluding hydrogens is 602 g/mol. The van der Waals surface area contributed by atoms with Gasteiger partial charge in [-0.2, -0.15) is 13.2 Å². The molecule has 40 heavy (non-hydrogen) atoms. The van der Waals surface area contributed by atoms with Crippen LogP contribution in [0.3, 0.4) is 0 Å². The first kappa shape index (κ1) is 28.9. The van der Waals surface area contributed by atoms with Crippen LogP contribution in [0.2, 0.25) is 15.1 Å². The van der Waals surface area contributed by atoms with Gasteiger partial charge in [-0.25, -0.2) is 9.69 Å². The number of ether oxygens (including phenoxy) is 1. The number of amides is 4. The van der Waals surface area contributed by atoms with E-state index in [9.17, 15) is 37.7 Å². The number of alkyl halides is 3. The van der Waals surface area contributed by atoms with E-state index in [2.05, 4.69) is 0 Å². The number of halogens is 6. The lowest BCUT2D eigenvalue weighted by Crippen LogP contribution is -2.54. The number of hydrogen-bond acceptors (Lipinski definition) is 6. The molecule has 206 valence electrons. The molecular formula is C25H13Cl3F3N3O6. The van der Waals surface area contributed by atoms with Crippen molar-refractivity contribution in [3.05, 3.63) is 96.0 Å². The third-order valence-electron chi connectivity index (χ3n) is 5.55. The number of imide groups is 2. The fraction of sp³-hybridized carbons (Fsp3) is 0.0800. The summed E-state index contributed by atoms with van der Waals surface area (Å²) in [5, 5.41) is 13.5. The molecule has 1 aliphatic rings. The fourth-order valence-corrected chi connectivity index (χ4v) is 4.32. The second-order valence-electron chi connectivity index (χ2n) is 8.24. The number of benzene rings is 3. The standard InChI is InChI=1S/C25H13Cl3F3N3O6/c1-11-2-4-15(10-17(11)27)33-23(36)16(22(35)32-24(33)37)7-12-6-14(26)9-18(28)21(12)40-20-5-3-13(25(29,30)31)8-19(20)34(38)39/h2-10H,1H3,(H,32,35,37)/b16-7+. The van der Waals surface area contributed by atoms with E-state index in [0.717, 1.165) is 12.1 Å². The van der Waals surface area contributed by atoms with Crippen molar-refractivity contribution < 1.29 is 37.2 Å². The van der Waals surface area contributed by atoms with Crippen LogP contribution in [0.15, 0.2) is 54.1 Å². The van der Waals surface area contributed by atoms with Gasteiger partial charge >= 0.3 is 17.9 Å². The average Bonchev–Trinajstić information content (AvgIpc) is 2.85. The maximum absolute atomic E-state index is 13.3. The number of nitro benzene ring substituents is 1. The Hall–Kier alpha value is -4.13. The lowest BCUT2D eigenvalue weighted by molar-refractivity contribution is -0.385. The van der Waals surface area contributed by atoms with E-state index >= 15 is 0 Å². The van der Waals surface area contributed by atoms with Gasteiger partial charge in [0.1, 0.15) is 5.57 Å². The van der Waals surface area contributed by atoms with Crippen molar-refractivity contribution in [2.24, 2.45) is 0 Å². The van der Waals surface area contributed by atoms with Crippen LogP contribution in [0, 0.1) is 17.0 Å². The number of hydrogen-bond donors (Lipinski definition) is 1. The summed E-state index contributed by atoms with van der Waals surface area (Å²) < 4.78 is 44.9. The Morgan fingerprint density at radius 3 is 2.33 bits per heavy atom. The third kappa shape index (κ3) is 5.74. The first-order chi connectivity index (χ1) is 18.7. The van der Waals surface area contributed by atoms with E-state index in [-0.39, 0.29) is 38.1 Å². The van der Waals surface area contributed by atoms with Crippen molar-refractivity contribution in [2.75, 3.05) is 4.90 Å². The number of anilines is 1. The molecule has 1 saturated heterocycles. The summed E-state index contributed by atoms with van der Waals surface area (Å²) in [6.45, 7) is 1.70. The molecule has 4 rings (SSSR count). The SMILES string of the molecule is Cc1ccc(N2C(=O)NC(=O)/C(=C\c3cc(Cl)cc(Cl)c3Oc3ccc(C(F)(F)F)cc3[N+](=O)[O-])C2=O)cc1Cl. The number of nitrogens with zero attached hydrogens (tertiary/aromatic N) is 2. The largest absolute Gasteiger partial charge is 0.448 e. The summed E-state index contributed by atoms with van der Waals surface area (Å²) in [5.74, 6) is -3.14. The van der Waals surface area contributed by atoms with Crippen molar-refractivity contribution in [3.63, 3.8) is 0 Å². The average molecular weight is 615 g/mol. The summed E-state index contributed by atoms with van der Waals surface area (Å²) in [6, 6.07) is 7.22. The molecule has 0 radical (unpaired) electrons. The number of nitrogens with one attached hydrogen (secondary N) is 1. The van der Waals surface area contributed by atoms with E-state index in [1.54, 1.807) is 13.0 Å². The van der Waals surface area contributed by atoms with Crippen LogP contribution in [0.1, 0.15) is 16.7 Å². The van der Waals surface area contributed by atoms with Crippen LogP contribution in [0.25, 0.3) is 6.08 Å². The van der Waals surface area contributed by atoms with Gasteiger partial charge in [0.05, 0.1) is 21.2 Å². The number of barbiturate groups is 1. The maximum atomic E-state index is 13.3. The van der Waals surface area contributed by atoms with Crippen LogP contribution in [0.4, 0.5) is 29.3 Å². The Morgan fingerprint density at radius 2 is 1.70 bits per heavy atom. The molecule has 1 fully saturated rings. The first-order valence-corrected chi connectivity index (χ1v) is 12.0. The van der Waals surface area contributed by atoms with Crippen LogP contribution in [0.5, 0.6) is 11.5 Å². The zero-order chi connectivity index (χ0) is 29.5. The zero-order valence-corrected chi connectivity index (χ0v) is 22.1. The van der Waals surface area contributed by atoms with Gasteiger partial charge in [-0.05, 0) is 55.0 Å². The van der Waals surface area contributed by atoms with Gasteiger partial charge in [0.2, 0.25) is 5.75 Å². The minimum Gasteiger partial charge on any atom is -0.448 e. The number of rotatable bonds is 5. The summed E-state index contributed by atoms with van der Waals surface area (Å²) in [6.07, 6.45) is -3.90. The van der Waals surface area contributed by atoms with E-state index in [1.165, 1.54) is 24.3 Å². The highest BCUT2D eigenvalue weighted by Crippen LogP contribution is 2.42. The number of aryl methyl sites for hydroxylation is 1. The van der Waals surface area contributed by atoms with Gasteiger partial charge < -0.3 is 4.74 Å². The first-order valence-electron chi connectivity index (χ1n) is 10.9. The van der Waals surface area contributed by atoms with Crippen LogP contribution in [-0.2, 0) is 15.8 Å². The van der Waals surface area contributed by atoms with E-state index < -0.39 is 51.5 Å². The second-order valence-corrected chi connectivity index (χ2v) is 9.49. The molecule has 4 amide bonds. The highest BCUT2D eigenvalue weighted by atomic mass is 35.5. The normalized spacial score (nSPS) is 14.9. The summed E-state index contributed by atoms with van der Waals surface area (Å²) in [7, 11) is 0. The third-order valence-corrected chi connectivity index (χ3v) is 6.45.